The highest BCUT2D eigenvalue weighted by molar-refractivity contribution is 7.89. The summed E-state index contributed by atoms with van der Waals surface area (Å²) in [7, 11) is -7.68. The lowest BCUT2D eigenvalue weighted by Gasteiger charge is -2.31. The number of anilines is 2. The summed E-state index contributed by atoms with van der Waals surface area (Å²) < 4.78 is 72.3. The molecule has 356 valence electrons. The van der Waals surface area contributed by atoms with Crippen LogP contribution in [0.15, 0.2) is 119 Å². The van der Waals surface area contributed by atoms with E-state index in [0.717, 1.165) is 17.5 Å². The molecule has 2 fully saturated rings. The monoisotopic (exact) mass is 938 g/mol. The summed E-state index contributed by atoms with van der Waals surface area (Å²) in [6.07, 6.45) is -2.19. The number of hydrogen-bond acceptors (Lipinski definition) is 13. The lowest BCUT2D eigenvalue weighted by molar-refractivity contribution is -0.0907. The number of nitrogen functional groups attached to an aromatic ring is 2. The minimum Gasteiger partial charge on any atom is -0.443 e. The highest BCUT2D eigenvalue weighted by Gasteiger charge is 2.44. The van der Waals surface area contributed by atoms with Gasteiger partial charge in [0.15, 0.2) is 6.29 Å². The van der Waals surface area contributed by atoms with Gasteiger partial charge >= 0.3 is 6.09 Å². The number of rotatable bonds is 20. The second-order valence-corrected chi connectivity index (χ2v) is 21.3. The molecule has 2 heterocycles. The number of hydrogen-bond donors (Lipinski definition) is 6. The van der Waals surface area contributed by atoms with Crippen LogP contribution in [0.1, 0.15) is 45.2 Å². The second kappa shape index (κ2) is 23.7. The van der Waals surface area contributed by atoms with E-state index in [-0.39, 0.29) is 66.5 Å². The standard InChI is InChI=1S/C27H37N3O7S.C20H29N3O3S/c1-18(2)15-30(38(33,34)21-10-8-20(28)9-11-21)16-24(31)23(14-19-6-4-3-5-7-19)29-27(32)37-25-17-36-26-22(25)12-13-35-26;1-15(2)13-23(27(25,26)18-10-8-17(21)9-11-18)14-20(24)19(22)12-16-6-4-3-5-7-16/h3-11,18,22-26,31H,12-17,28H2,1-2H3,(H,29,32);3-11,15,19-20,24H,12-14,21-22H2,1-2H3/t22-,23-,24+,25-,26+;19-,20+/m00/s1. The van der Waals surface area contributed by atoms with Gasteiger partial charge in [-0.05, 0) is 90.8 Å². The first-order valence-electron chi connectivity index (χ1n) is 21.9. The van der Waals surface area contributed by atoms with Crippen LogP contribution in [0.25, 0.3) is 0 Å². The maximum absolute atomic E-state index is 13.5. The van der Waals surface area contributed by atoms with Crippen LogP contribution in [-0.4, -0.2) is 118 Å². The molecule has 7 atom stereocenters. The molecular formula is C47H66N6O10S2. The van der Waals surface area contributed by atoms with Crippen LogP contribution < -0.4 is 22.5 Å². The van der Waals surface area contributed by atoms with Gasteiger partial charge in [0.05, 0.1) is 47.2 Å². The van der Waals surface area contributed by atoms with E-state index in [2.05, 4.69) is 5.32 Å². The quantitative estimate of drug-likeness (QED) is 0.0681. The van der Waals surface area contributed by atoms with Crippen LogP contribution in [0.3, 0.4) is 0 Å². The zero-order valence-corrected chi connectivity index (χ0v) is 39.2. The van der Waals surface area contributed by atoms with E-state index in [0.29, 0.717) is 30.9 Å². The average molecular weight is 939 g/mol. The van der Waals surface area contributed by atoms with Crippen molar-refractivity contribution in [3.05, 3.63) is 120 Å². The van der Waals surface area contributed by atoms with Crippen molar-refractivity contribution in [1.82, 2.24) is 13.9 Å². The summed E-state index contributed by atoms with van der Waals surface area (Å²) in [5, 5.41) is 24.7. The Balaban J connectivity index is 0.000000259. The summed E-state index contributed by atoms with van der Waals surface area (Å²) in [5.74, 6) is 0.0798. The lowest BCUT2D eigenvalue weighted by atomic mass is 10.0. The van der Waals surface area contributed by atoms with Gasteiger partial charge in [-0.25, -0.2) is 21.6 Å². The summed E-state index contributed by atoms with van der Waals surface area (Å²) in [5.41, 5.74) is 20.4. The van der Waals surface area contributed by atoms with Crippen LogP contribution in [0.2, 0.25) is 0 Å². The van der Waals surface area contributed by atoms with Gasteiger partial charge in [-0.1, -0.05) is 88.4 Å². The lowest BCUT2D eigenvalue weighted by Crippen LogP contribution is -2.51. The molecule has 0 unspecified atom stereocenters. The van der Waals surface area contributed by atoms with Crippen LogP contribution in [-0.2, 0) is 47.1 Å². The van der Waals surface area contributed by atoms with E-state index in [4.69, 9.17) is 31.4 Å². The van der Waals surface area contributed by atoms with Crippen LogP contribution >= 0.6 is 0 Å². The predicted molar refractivity (Wildman–Crippen MR) is 250 cm³/mol. The Morgan fingerprint density at radius 1 is 0.692 bits per heavy atom. The number of carbonyl (C=O) groups excluding carboxylic acids is 1. The topological polar surface area (TPSA) is 250 Å². The van der Waals surface area contributed by atoms with E-state index >= 15 is 0 Å². The molecule has 0 radical (unpaired) electrons. The number of nitrogens with two attached hydrogens (primary N) is 3. The number of alkyl carbamates (subject to hydrolysis) is 1. The Morgan fingerprint density at radius 2 is 1.15 bits per heavy atom. The molecule has 4 aromatic rings. The number of amides is 1. The van der Waals surface area contributed by atoms with Gasteiger partial charge in [-0.3, -0.25) is 0 Å². The fourth-order valence-electron chi connectivity index (χ4n) is 7.66. The molecule has 16 nitrogen and oxygen atoms in total. The van der Waals surface area contributed by atoms with Crippen molar-refractivity contribution >= 4 is 37.5 Å². The van der Waals surface area contributed by atoms with E-state index in [1.807, 2.05) is 88.4 Å². The number of nitrogens with one attached hydrogen (secondary N) is 1. The van der Waals surface area contributed by atoms with Gasteiger partial charge in [0, 0.05) is 43.6 Å². The van der Waals surface area contributed by atoms with Gasteiger partial charge in [0.1, 0.15) is 6.10 Å². The van der Waals surface area contributed by atoms with Gasteiger partial charge in [-0.15, -0.1) is 0 Å². The van der Waals surface area contributed by atoms with Gasteiger partial charge in [-0.2, -0.15) is 8.61 Å². The first kappa shape index (κ1) is 51.4. The zero-order chi connectivity index (χ0) is 47.3. The molecule has 2 aliphatic heterocycles. The Kier molecular flexibility index (Phi) is 18.7. The molecule has 2 saturated heterocycles. The van der Waals surface area contributed by atoms with Crippen molar-refractivity contribution in [2.24, 2.45) is 23.5 Å². The fourth-order valence-corrected chi connectivity index (χ4v) is 10.9. The summed E-state index contributed by atoms with van der Waals surface area (Å²) >= 11 is 0. The highest BCUT2D eigenvalue weighted by Crippen LogP contribution is 2.33. The Labute approximate surface area is 384 Å². The maximum Gasteiger partial charge on any atom is 0.407 e. The highest BCUT2D eigenvalue weighted by atomic mass is 32.2. The first-order chi connectivity index (χ1) is 30.8. The van der Waals surface area contributed by atoms with Crippen molar-refractivity contribution in [3.63, 3.8) is 0 Å². The largest absolute Gasteiger partial charge is 0.443 e. The number of ether oxygens (including phenoxy) is 3. The molecule has 6 rings (SSSR count). The Bertz CT molecular complexity index is 2290. The van der Waals surface area contributed by atoms with Gasteiger partial charge < -0.3 is 46.9 Å². The summed E-state index contributed by atoms with van der Waals surface area (Å²) in [6, 6.07) is 29.6. The smallest absolute Gasteiger partial charge is 0.407 e. The third kappa shape index (κ3) is 14.9. The van der Waals surface area contributed by atoms with Crippen molar-refractivity contribution in [3.8, 4) is 0 Å². The predicted octanol–water partition coefficient (Wildman–Crippen LogP) is 4.22. The van der Waals surface area contributed by atoms with Gasteiger partial charge in [0.2, 0.25) is 20.0 Å². The SMILES string of the molecule is CC(C)CN(C[C@@H](O)[C@@H](N)Cc1ccccc1)S(=O)(=O)c1ccc(N)cc1.CC(C)CN(C[C@@H](O)[C@H](Cc1ccccc1)NC(=O)O[C@H]1CO[C@H]2OCC[C@H]21)S(=O)(=O)c1ccc(N)cc1. The third-order valence-corrected chi connectivity index (χ3v) is 14.8. The number of sulfonamides is 2. The van der Waals surface area contributed by atoms with Crippen molar-refractivity contribution < 1.29 is 46.1 Å². The zero-order valence-electron chi connectivity index (χ0n) is 37.6. The summed E-state index contributed by atoms with van der Waals surface area (Å²) in [6.45, 7) is 8.68. The molecule has 1 amide bonds. The van der Waals surface area contributed by atoms with Crippen molar-refractivity contribution in [2.75, 3.05) is 50.9 Å². The van der Waals surface area contributed by atoms with Crippen molar-refractivity contribution in [2.45, 2.75) is 93.4 Å². The summed E-state index contributed by atoms with van der Waals surface area (Å²) in [4.78, 5) is 13.2. The Hall–Kier alpha value is -4.63. The van der Waals surface area contributed by atoms with Crippen LogP contribution in [0, 0.1) is 17.8 Å². The number of aliphatic hydroxyl groups excluding tert-OH is 2. The van der Waals surface area contributed by atoms with Crippen LogP contribution in [0.5, 0.6) is 0 Å². The molecule has 0 aliphatic carbocycles. The first-order valence-corrected chi connectivity index (χ1v) is 24.8. The molecule has 0 bridgehead atoms. The molecule has 65 heavy (non-hydrogen) atoms. The molecule has 9 N–H and O–H groups in total. The molecule has 0 spiro atoms. The number of benzene rings is 4. The molecular weight excluding hydrogens is 873 g/mol. The minimum absolute atomic E-state index is 0.000183. The number of fused-ring (bicyclic) bond motifs is 1. The minimum atomic E-state index is -3.93. The van der Waals surface area contributed by atoms with Crippen molar-refractivity contribution in [1.29, 1.82) is 0 Å². The number of carbonyl (C=O) groups is 1. The Morgan fingerprint density at radius 3 is 1.63 bits per heavy atom. The molecule has 0 aromatic heterocycles. The molecule has 4 aromatic carbocycles. The van der Waals surface area contributed by atoms with E-state index in [1.165, 1.54) is 45.0 Å². The van der Waals surface area contributed by atoms with Gasteiger partial charge in [0.25, 0.3) is 0 Å². The van der Waals surface area contributed by atoms with E-state index in [1.54, 1.807) is 12.1 Å². The average Bonchev–Trinajstić information content (AvgIpc) is 3.89. The molecule has 2 aliphatic rings. The number of aliphatic hydroxyl groups is 2. The molecule has 0 saturated carbocycles. The number of nitrogens with zero attached hydrogens (tertiary/aromatic N) is 2. The molecule has 18 heteroatoms. The second-order valence-electron chi connectivity index (χ2n) is 17.5. The van der Waals surface area contributed by atoms with E-state index in [9.17, 15) is 31.8 Å². The van der Waals surface area contributed by atoms with Crippen LogP contribution in [0.4, 0.5) is 16.2 Å². The fraction of sp³-hybridized carbons (Fsp3) is 0.468. The normalized spacial score (nSPS) is 19.3. The third-order valence-electron chi connectivity index (χ3n) is 11.1. The van der Waals surface area contributed by atoms with E-state index < -0.39 is 56.5 Å². The maximum atomic E-state index is 13.5.